The molecular weight excluding hydrogens is 411 g/mol. The van der Waals surface area contributed by atoms with E-state index in [2.05, 4.69) is 20.9 Å². The standard InChI is InChI=1S/C18H19F3N4O2.C2H6.CH5N/c1-24-5-7-25(8-6-24)18(27)14-3-2-4-15(22-14)23-17(26)16-12(20)9-11(19)10-13(16)21;2*1-2/h2-4,9-10,18,27H,5-8H2,1H3,(H,22,23,26);1-2H3;2H2,1H3. The molecule has 31 heavy (non-hydrogen) atoms. The Kier molecular flexibility index (Phi) is 11.1. The van der Waals surface area contributed by atoms with Gasteiger partial charge in [0.1, 0.15) is 28.8 Å². The number of nitrogens with one attached hydrogen (secondary N) is 1. The number of halogens is 3. The second-order valence-electron chi connectivity index (χ2n) is 6.36. The Morgan fingerprint density at radius 2 is 1.65 bits per heavy atom. The van der Waals surface area contributed by atoms with Crippen LogP contribution in [0.1, 0.15) is 36.1 Å². The van der Waals surface area contributed by atoms with E-state index in [9.17, 15) is 23.1 Å². The zero-order chi connectivity index (χ0) is 23.6. The first-order chi connectivity index (χ1) is 14.8. The van der Waals surface area contributed by atoms with Gasteiger partial charge in [-0.05, 0) is 26.2 Å². The summed E-state index contributed by atoms with van der Waals surface area (Å²) in [5.74, 6) is -4.80. The molecule has 1 aliphatic rings. The molecule has 0 spiro atoms. The smallest absolute Gasteiger partial charge is 0.262 e. The maximum Gasteiger partial charge on any atom is 0.262 e. The number of hydrogen-bond donors (Lipinski definition) is 3. The second kappa shape index (κ2) is 13.0. The highest BCUT2D eigenvalue weighted by molar-refractivity contribution is 6.04. The van der Waals surface area contributed by atoms with Gasteiger partial charge in [0.15, 0.2) is 6.23 Å². The van der Waals surface area contributed by atoms with E-state index in [1.165, 1.54) is 13.1 Å². The van der Waals surface area contributed by atoms with Crippen LogP contribution in [0.15, 0.2) is 30.3 Å². The molecule has 1 fully saturated rings. The SMILES string of the molecule is CC.CN.CN1CCN(C(O)c2cccc(NC(=O)c3c(F)cc(F)cc3F)n2)CC1. The summed E-state index contributed by atoms with van der Waals surface area (Å²) in [4.78, 5) is 20.3. The van der Waals surface area contributed by atoms with Gasteiger partial charge in [0.05, 0.1) is 5.69 Å². The number of carbonyl (C=O) groups excluding carboxylic acids is 1. The van der Waals surface area contributed by atoms with Crippen LogP contribution < -0.4 is 11.1 Å². The van der Waals surface area contributed by atoms with Crippen LogP contribution in [0.2, 0.25) is 0 Å². The largest absolute Gasteiger partial charge is 0.372 e. The minimum Gasteiger partial charge on any atom is -0.372 e. The monoisotopic (exact) mass is 441 g/mol. The molecule has 2 aromatic rings. The van der Waals surface area contributed by atoms with Crippen molar-refractivity contribution in [3.05, 3.63) is 59.0 Å². The highest BCUT2D eigenvalue weighted by atomic mass is 19.1. The van der Waals surface area contributed by atoms with Crippen molar-refractivity contribution in [1.29, 1.82) is 0 Å². The molecule has 0 bridgehead atoms. The van der Waals surface area contributed by atoms with Crippen molar-refractivity contribution in [3.8, 4) is 0 Å². The lowest BCUT2D eigenvalue weighted by molar-refractivity contribution is -0.0258. The molecule has 1 aliphatic heterocycles. The Morgan fingerprint density at radius 1 is 1.10 bits per heavy atom. The minimum atomic E-state index is -1.31. The number of rotatable bonds is 4. The summed E-state index contributed by atoms with van der Waals surface area (Å²) in [6, 6.07) is 5.45. The van der Waals surface area contributed by atoms with Crippen LogP contribution in [0, 0.1) is 17.5 Å². The fourth-order valence-corrected chi connectivity index (χ4v) is 2.86. The summed E-state index contributed by atoms with van der Waals surface area (Å²) in [6.07, 6.45) is -0.963. The highest BCUT2D eigenvalue weighted by Gasteiger charge is 2.24. The van der Waals surface area contributed by atoms with E-state index in [0.717, 1.165) is 13.1 Å². The zero-order valence-corrected chi connectivity index (χ0v) is 18.2. The predicted molar refractivity (Wildman–Crippen MR) is 114 cm³/mol. The Labute approximate surface area is 180 Å². The number of aromatic nitrogens is 1. The van der Waals surface area contributed by atoms with E-state index in [1.54, 1.807) is 12.1 Å². The number of aliphatic hydroxyl groups excluding tert-OH is 1. The van der Waals surface area contributed by atoms with Gasteiger partial charge in [-0.3, -0.25) is 9.69 Å². The van der Waals surface area contributed by atoms with Crippen LogP contribution in [-0.2, 0) is 0 Å². The number of likely N-dealkylation sites (N-methyl/N-ethyl adjacent to an activating group) is 1. The summed E-state index contributed by atoms with van der Waals surface area (Å²) in [6.45, 7) is 6.91. The molecule has 3 rings (SSSR count). The summed E-state index contributed by atoms with van der Waals surface area (Å²) in [7, 11) is 3.49. The van der Waals surface area contributed by atoms with Crippen LogP contribution in [0.25, 0.3) is 0 Å². The Bertz CT molecular complexity index is 823. The summed E-state index contributed by atoms with van der Waals surface area (Å²) in [5, 5.41) is 12.8. The molecule has 1 unspecified atom stereocenters. The van der Waals surface area contributed by atoms with Gasteiger partial charge < -0.3 is 21.1 Å². The van der Waals surface area contributed by atoms with Gasteiger partial charge in [0, 0.05) is 38.3 Å². The molecule has 1 saturated heterocycles. The molecule has 7 nitrogen and oxygen atoms in total. The van der Waals surface area contributed by atoms with Gasteiger partial charge in [0.2, 0.25) is 0 Å². The number of piperazine rings is 1. The van der Waals surface area contributed by atoms with Crippen LogP contribution in [0.3, 0.4) is 0 Å². The molecule has 1 amide bonds. The van der Waals surface area contributed by atoms with Crippen molar-refractivity contribution in [1.82, 2.24) is 14.8 Å². The lowest BCUT2D eigenvalue weighted by Crippen LogP contribution is -2.46. The van der Waals surface area contributed by atoms with Crippen molar-refractivity contribution in [2.24, 2.45) is 5.73 Å². The summed E-state index contributed by atoms with van der Waals surface area (Å²) in [5.41, 5.74) is 3.90. The third-order valence-corrected chi connectivity index (χ3v) is 4.39. The predicted octanol–water partition coefficient (Wildman–Crippen LogP) is 2.59. The molecule has 2 heterocycles. The number of benzene rings is 1. The maximum absolute atomic E-state index is 13.7. The summed E-state index contributed by atoms with van der Waals surface area (Å²) >= 11 is 0. The van der Waals surface area contributed by atoms with Gasteiger partial charge >= 0.3 is 0 Å². The van der Waals surface area contributed by atoms with Gasteiger partial charge in [-0.1, -0.05) is 19.9 Å². The van der Waals surface area contributed by atoms with E-state index in [-0.39, 0.29) is 5.82 Å². The van der Waals surface area contributed by atoms with Crippen LogP contribution in [-0.4, -0.2) is 66.1 Å². The third kappa shape index (κ3) is 7.28. The van der Waals surface area contributed by atoms with Crippen molar-refractivity contribution in [2.75, 3.05) is 45.6 Å². The number of anilines is 1. The highest BCUT2D eigenvalue weighted by Crippen LogP contribution is 2.20. The Hall–Kier alpha value is -2.53. The molecule has 0 saturated carbocycles. The van der Waals surface area contributed by atoms with E-state index < -0.39 is 35.2 Å². The van der Waals surface area contributed by atoms with Gasteiger partial charge in [-0.15, -0.1) is 0 Å². The van der Waals surface area contributed by atoms with Crippen molar-refractivity contribution >= 4 is 11.7 Å². The topological polar surface area (TPSA) is 94.7 Å². The normalized spacial score (nSPS) is 15.1. The van der Waals surface area contributed by atoms with Crippen LogP contribution in [0.5, 0.6) is 0 Å². The average molecular weight is 441 g/mol. The van der Waals surface area contributed by atoms with Crippen molar-refractivity contribution in [2.45, 2.75) is 20.1 Å². The van der Waals surface area contributed by atoms with Crippen molar-refractivity contribution in [3.63, 3.8) is 0 Å². The summed E-state index contributed by atoms with van der Waals surface area (Å²) < 4.78 is 40.5. The zero-order valence-electron chi connectivity index (χ0n) is 18.2. The molecule has 0 radical (unpaired) electrons. The number of hydrogen-bond acceptors (Lipinski definition) is 6. The van der Waals surface area contributed by atoms with Crippen molar-refractivity contribution < 1.29 is 23.1 Å². The molecular formula is C21H30F3N5O2. The first-order valence-corrected chi connectivity index (χ1v) is 9.96. The van der Waals surface area contributed by atoms with E-state index in [1.807, 2.05) is 25.8 Å². The number of nitrogens with zero attached hydrogens (tertiary/aromatic N) is 3. The fourth-order valence-electron chi connectivity index (χ4n) is 2.86. The number of aliphatic hydroxyl groups is 1. The molecule has 172 valence electrons. The molecule has 4 N–H and O–H groups in total. The average Bonchev–Trinajstić information content (AvgIpc) is 2.76. The van der Waals surface area contributed by atoms with E-state index in [4.69, 9.17) is 0 Å². The number of amides is 1. The lowest BCUT2D eigenvalue weighted by Gasteiger charge is -2.35. The van der Waals surface area contributed by atoms with Gasteiger partial charge in [0.25, 0.3) is 5.91 Å². The van der Waals surface area contributed by atoms with Gasteiger partial charge in [-0.25, -0.2) is 18.2 Å². The lowest BCUT2D eigenvalue weighted by atomic mass is 10.1. The maximum atomic E-state index is 13.7. The number of pyridine rings is 1. The molecule has 10 heteroatoms. The third-order valence-electron chi connectivity index (χ3n) is 4.39. The van der Waals surface area contributed by atoms with E-state index >= 15 is 0 Å². The second-order valence-corrected chi connectivity index (χ2v) is 6.36. The number of nitrogens with two attached hydrogens (primary N) is 1. The fraction of sp³-hybridized carbons (Fsp3) is 0.429. The van der Waals surface area contributed by atoms with Crippen LogP contribution in [0.4, 0.5) is 19.0 Å². The van der Waals surface area contributed by atoms with Gasteiger partial charge in [-0.2, -0.15) is 0 Å². The first kappa shape index (κ1) is 26.5. The molecule has 1 atom stereocenters. The van der Waals surface area contributed by atoms with Crippen LogP contribution >= 0.6 is 0 Å². The molecule has 1 aromatic carbocycles. The minimum absolute atomic E-state index is 0.0220. The Balaban J connectivity index is 0.00000113. The molecule has 0 aliphatic carbocycles. The first-order valence-electron chi connectivity index (χ1n) is 9.96. The van der Waals surface area contributed by atoms with E-state index in [0.29, 0.717) is 30.9 Å². The quantitative estimate of drug-likeness (QED) is 0.675. The number of carbonyl (C=O) groups is 1. The Morgan fingerprint density at radius 3 is 2.19 bits per heavy atom. The molecule has 1 aromatic heterocycles.